The van der Waals surface area contributed by atoms with Crippen LogP contribution >= 0.6 is 0 Å². The van der Waals surface area contributed by atoms with Gasteiger partial charge in [0.2, 0.25) is 11.8 Å². The van der Waals surface area contributed by atoms with Crippen molar-refractivity contribution in [1.82, 2.24) is 20.2 Å². The molecule has 0 aliphatic heterocycles. The summed E-state index contributed by atoms with van der Waals surface area (Å²) < 4.78 is 6.14. The van der Waals surface area contributed by atoms with Crippen molar-refractivity contribution in [2.24, 2.45) is 0 Å². The molecule has 0 aromatic carbocycles. The van der Waals surface area contributed by atoms with Crippen molar-refractivity contribution in [3.63, 3.8) is 0 Å². The molecule has 0 aliphatic rings. The first kappa shape index (κ1) is 14.7. The lowest BCUT2D eigenvalue weighted by Crippen LogP contribution is -2.21. The fourth-order valence-corrected chi connectivity index (χ4v) is 1.90. The van der Waals surface area contributed by atoms with E-state index in [0.717, 1.165) is 0 Å². The third-order valence-electron chi connectivity index (χ3n) is 2.71. The monoisotopic (exact) mass is 293 g/mol. The summed E-state index contributed by atoms with van der Waals surface area (Å²) in [4.78, 5) is 23.0. The van der Waals surface area contributed by atoms with Gasteiger partial charge in [0, 0.05) is 6.07 Å². The second-order valence-corrected chi connectivity index (χ2v) is 4.82. The molecule has 21 heavy (non-hydrogen) atoms. The van der Waals surface area contributed by atoms with Crippen LogP contribution in [-0.4, -0.2) is 37.1 Å². The molecule has 1 amide bonds. The van der Waals surface area contributed by atoms with Crippen LogP contribution in [0.5, 0.6) is 0 Å². The topological polar surface area (TPSA) is 123 Å². The number of nitrogens with zero attached hydrogens (tertiary/aromatic N) is 4. The third-order valence-corrected chi connectivity index (χ3v) is 2.71. The van der Waals surface area contributed by atoms with Crippen LogP contribution in [-0.2, 0) is 11.3 Å². The summed E-state index contributed by atoms with van der Waals surface area (Å²) in [6, 6.07) is 1.57. The Morgan fingerprint density at radius 2 is 2.19 bits per heavy atom. The van der Waals surface area contributed by atoms with Gasteiger partial charge in [-0.1, -0.05) is 24.2 Å². The number of aromatic nitrogens is 4. The number of hydrogen-bond donors (Lipinski definition) is 2. The first-order valence-corrected chi connectivity index (χ1v) is 6.28. The molecular formula is C12H15N5O4. The van der Waals surface area contributed by atoms with Crippen LogP contribution in [0.25, 0.3) is 0 Å². The highest BCUT2D eigenvalue weighted by Crippen LogP contribution is 2.17. The molecule has 2 rings (SSSR count). The van der Waals surface area contributed by atoms with E-state index in [9.17, 15) is 9.59 Å². The molecule has 0 bridgehead atoms. The molecule has 2 N–H and O–H groups in total. The molecule has 0 saturated heterocycles. The van der Waals surface area contributed by atoms with Crippen molar-refractivity contribution < 1.29 is 19.2 Å². The molecular weight excluding hydrogens is 278 g/mol. The summed E-state index contributed by atoms with van der Waals surface area (Å²) in [5.74, 6) is -1.49. The summed E-state index contributed by atoms with van der Waals surface area (Å²) >= 11 is 0. The maximum absolute atomic E-state index is 11.9. The Morgan fingerprint density at radius 3 is 2.71 bits per heavy atom. The van der Waals surface area contributed by atoms with Gasteiger partial charge in [0.25, 0.3) is 0 Å². The van der Waals surface area contributed by atoms with Gasteiger partial charge in [-0.15, -0.1) is 5.10 Å². The first-order chi connectivity index (χ1) is 9.88. The highest BCUT2D eigenvalue weighted by Gasteiger charge is 2.22. The van der Waals surface area contributed by atoms with Crippen LogP contribution in [0, 0.1) is 6.92 Å². The predicted molar refractivity (Wildman–Crippen MR) is 70.9 cm³/mol. The summed E-state index contributed by atoms with van der Waals surface area (Å²) in [7, 11) is 0. The third kappa shape index (κ3) is 3.25. The Bertz CT molecular complexity index is 673. The van der Waals surface area contributed by atoms with Gasteiger partial charge < -0.3 is 9.63 Å². The van der Waals surface area contributed by atoms with Crippen molar-refractivity contribution in [2.75, 3.05) is 5.32 Å². The van der Waals surface area contributed by atoms with Crippen molar-refractivity contribution in [3.8, 4) is 0 Å². The van der Waals surface area contributed by atoms with Crippen LogP contribution in [0.15, 0.2) is 10.6 Å². The molecule has 0 fully saturated rings. The molecule has 9 nitrogen and oxygen atoms in total. The van der Waals surface area contributed by atoms with E-state index in [1.165, 1.54) is 4.68 Å². The van der Waals surface area contributed by atoms with E-state index in [4.69, 9.17) is 9.63 Å². The quantitative estimate of drug-likeness (QED) is 0.843. The van der Waals surface area contributed by atoms with E-state index in [1.54, 1.807) is 26.8 Å². The van der Waals surface area contributed by atoms with Crippen LogP contribution in [0.2, 0.25) is 0 Å². The van der Waals surface area contributed by atoms with Crippen LogP contribution < -0.4 is 5.32 Å². The lowest BCUT2D eigenvalue weighted by molar-refractivity contribution is -0.117. The van der Waals surface area contributed by atoms with Crippen molar-refractivity contribution in [1.29, 1.82) is 0 Å². The summed E-state index contributed by atoms with van der Waals surface area (Å²) in [6.45, 7) is 5.18. The summed E-state index contributed by atoms with van der Waals surface area (Å²) in [5, 5.41) is 22.5. The predicted octanol–water partition coefficient (Wildman–Crippen LogP) is 1.03. The lowest BCUT2D eigenvalue weighted by Gasteiger charge is -2.09. The van der Waals surface area contributed by atoms with E-state index in [2.05, 4.69) is 20.8 Å². The SMILES string of the molecule is Cc1cc(NC(=O)Cn2nnc(C(=O)O)c2C(C)C)on1. The molecule has 9 heteroatoms. The van der Waals surface area contributed by atoms with E-state index in [0.29, 0.717) is 11.4 Å². The van der Waals surface area contributed by atoms with Crippen LogP contribution in [0.4, 0.5) is 5.88 Å². The van der Waals surface area contributed by atoms with Gasteiger partial charge >= 0.3 is 5.97 Å². The second-order valence-electron chi connectivity index (χ2n) is 4.82. The van der Waals surface area contributed by atoms with E-state index >= 15 is 0 Å². The number of hydrogen-bond acceptors (Lipinski definition) is 6. The Labute approximate surface area is 119 Å². The number of carboxylic acids is 1. The van der Waals surface area contributed by atoms with Gasteiger partial charge in [0.15, 0.2) is 5.69 Å². The number of nitrogens with one attached hydrogen (secondary N) is 1. The maximum Gasteiger partial charge on any atom is 0.358 e. The fourth-order valence-electron chi connectivity index (χ4n) is 1.90. The van der Waals surface area contributed by atoms with E-state index in [-0.39, 0.29) is 24.0 Å². The summed E-state index contributed by atoms with van der Waals surface area (Å²) in [5.41, 5.74) is 0.891. The number of carbonyl (C=O) groups is 2. The number of aromatic carboxylic acids is 1. The molecule has 2 heterocycles. The van der Waals surface area contributed by atoms with Crippen molar-refractivity contribution >= 4 is 17.8 Å². The number of amides is 1. The molecule has 0 spiro atoms. The highest BCUT2D eigenvalue weighted by molar-refractivity contribution is 5.90. The number of carbonyl (C=O) groups excluding carboxylic acids is 1. The fraction of sp³-hybridized carbons (Fsp3) is 0.417. The normalized spacial score (nSPS) is 10.9. The number of anilines is 1. The Balaban J connectivity index is 2.15. The van der Waals surface area contributed by atoms with Crippen LogP contribution in [0.1, 0.15) is 41.6 Å². The number of aryl methyl sites for hydroxylation is 1. The smallest absolute Gasteiger partial charge is 0.358 e. The Hall–Kier alpha value is -2.71. The Kier molecular flexibility index (Phi) is 4.01. The molecule has 112 valence electrons. The minimum absolute atomic E-state index is 0.133. The molecule has 0 radical (unpaired) electrons. The minimum Gasteiger partial charge on any atom is -0.476 e. The molecule has 2 aromatic heterocycles. The highest BCUT2D eigenvalue weighted by atomic mass is 16.5. The molecule has 2 aromatic rings. The number of rotatable bonds is 5. The first-order valence-electron chi connectivity index (χ1n) is 6.28. The van der Waals surface area contributed by atoms with Crippen LogP contribution in [0.3, 0.4) is 0 Å². The van der Waals surface area contributed by atoms with Gasteiger partial charge in [-0.3, -0.25) is 10.1 Å². The zero-order valence-electron chi connectivity index (χ0n) is 11.8. The van der Waals surface area contributed by atoms with Gasteiger partial charge in [0.05, 0.1) is 11.4 Å². The largest absolute Gasteiger partial charge is 0.476 e. The van der Waals surface area contributed by atoms with Crippen molar-refractivity contribution in [3.05, 3.63) is 23.1 Å². The van der Waals surface area contributed by atoms with E-state index in [1.807, 2.05) is 0 Å². The Morgan fingerprint density at radius 1 is 1.48 bits per heavy atom. The molecule has 0 saturated carbocycles. The van der Waals surface area contributed by atoms with E-state index < -0.39 is 11.9 Å². The molecule has 0 aliphatic carbocycles. The lowest BCUT2D eigenvalue weighted by atomic mass is 10.1. The minimum atomic E-state index is -1.17. The van der Waals surface area contributed by atoms with Gasteiger partial charge in [-0.2, -0.15) is 0 Å². The average Bonchev–Trinajstić information content (AvgIpc) is 2.95. The average molecular weight is 293 g/mol. The zero-order valence-corrected chi connectivity index (χ0v) is 11.8. The van der Waals surface area contributed by atoms with Gasteiger partial charge in [0.1, 0.15) is 6.54 Å². The van der Waals surface area contributed by atoms with Gasteiger partial charge in [-0.25, -0.2) is 9.48 Å². The standard InChI is InChI=1S/C12H15N5O4/c1-6(2)11-10(12(19)20)14-16-17(11)5-8(18)13-9-4-7(3)15-21-9/h4,6H,5H2,1-3H3,(H,13,18)(H,19,20). The second kappa shape index (κ2) is 5.73. The van der Waals surface area contributed by atoms with Crippen molar-refractivity contribution in [2.45, 2.75) is 33.2 Å². The maximum atomic E-state index is 11.9. The summed E-state index contributed by atoms with van der Waals surface area (Å²) in [6.07, 6.45) is 0. The number of carboxylic acid groups (broad SMARTS) is 1. The van der Waals surface area contributed by atoms with Gasteiger partial charge in [-0.05, 0) is 12.8 Å². The molecule has 0 unspecified atom stereocenters. The molecule has 0 atom stereocenters. The zero-order chi connectivity index (χ0) is 15.6.